The Morgan fingerprint density at radius 3 is 2.56 bits per heavy atom. The summed E-state index contributed by atoms with van der Waals surface area (Å²) < 4.78 is 12.3. The van der Waals surface area contributed by atoms with Gasteiger partial charge in [-0.25, -0.2) is 0 Å². The molecule has 2 aromatic rings. The van der Waals surface area contributed by atoms with Gasteiger partial charge in [0.2, 0.25) is 0 Å². The molecule has 140 valence electrons. The quantitative estimate of drug-likeness (QED) is 0.534. The first-order valence-electron chi connectivity index (χ1n) is 8.41. The Kier molecular flexibility index (Phi) is 6.13. The largest absolute Gasteiger partial charge is 0.493 e. The third kappa shape index (κ3) is 4.48. The molecule has 1 aliphatic rings. The molecule has 5 nitrogen and oxygen atoms in total. The standard InChI is InChI=1S/C20H19BrN2O3S/c1-3-23-19(24)16(22-20(23)27)10-14-6-9-17(18(11-14)25-2)26-12-13-4-7-15(21)8-5-13/h4-11H,3,12H2,1-2H3,(H,22,27). The van der Waals surface area contributed by atoms with E-state index in [-0.39, 0.29) is 5.91 Å². The molecule has 3 rings (SSSR count). The SMILES string of the molecule is CCN1C(=O)C(=Cc2ccc(OCc3ccc(Br)cc3)c(OC)c2)NC1=S. The van der Waals surface area contributed by atoms with E-state index in [9.17, 15) is 4.79 Å². The molecule has 0 aromatic heterocycles. The number of carbonyl (C=O) groups excluding carboxylic acids is 1. The zero-order valence-electron chi connectivity index (χ0n) is 15.0. The fourth-order valence-electron chi connectivity index (χ4n) is 2.66. The number of benzene rings is 2. The molecule has 1 aliphatic heterocycles. The van der Waals surface area contributed by atoms with E-state index in [1.807, 2.05) is 49.4 Å². The highest BCUT2D eigenvalue weighted by molar-refractivity contribution is 9.10. The van der Waals surface area contributed by atoms with Crippen LogP contribution in [-0.2, 0) is 11.4 Å². The lowest BCUT2D eigenvalue weighted by Crippen LogP contribution is -2.30. The molecule has 1 amide bonds. The van der Waals surface area contributed by atoms with E-state index in [0.29, 0.717) is 35.5 Å². The minimum Gasteiger partial charge on any atom is -0.493 e. The van der Waals surface area contributed by atoms with Gasteiger partial charge in [0, 0.05) is 11.0 Å². The van der Waals surface area contributed by atoms with Crippen molar-refractivity contribution < 1.29 is 14.3 Å². The molecular weight excluding hydrogens is 428 g/mol. The van der Waals surface area contributed by atoms with Crippen LogP contribution in [0.3, 0.4) is 0 Å². The van der Waals surface area contributed by atoms with E-state index in [2.05, 4.69) is 21.2 Å². The zero-order valence-corrected chi connectivity index (χ0v) is 17.4. The van der Waals surface area contributed by atoms with E-state index in [1.54, 1.807) is 13.2 Å². The maximum absolute atomic E-state index is 12.3. The van der Waals surface area contributed by atoms with Crippen LogP contribution in [0, 0.1) is 0 Å². The summed E-state index contributed by atoms with van der Waals surface area (Å²) in [5.41, 5.74) is 2.33. The van der Waals surface area contributed by atoms with E-state index in [4.69, 9.17) is 21.7 Å². The number of ether oxygens (including phenoxy) is 2. The van der Waals surface area contributed by atoms with E-state index in [1.165, 1.54) is 4.90 Å². The molecule has 0 aliphatic carbocycles. The van der Waals surface area contributed by atoms with E-state index < -0.39 is 0 Å². The smallest absolute Gasteiger partial charge is 0.276 e. The lowest BCUT2D eigenvalue weighted by molar-refractivity contribution is -0.122. The maximum Gasteiger partial charge on any atom is 0.276 e. The second kappa shape index (κ2) is 8.54. The lowest BCUT2D eigenvalue weighted by Gasteiger charge is -2.12. The first kappa shape index (κ1) is 19.4. The van der Waals surface area contributed by atoms with Crippen molar-refractivity contribution in [1.29, 1.82) is 0 Å². The molecule has 0 saturated carbocycles. The number of methoxy groups -OCH3 is 1. The topological polar surface area (TPSA) is 50.8 Å². The van der Waals surface area contributed by atoms with Gasteiger partial charge in [0.25, 0.3) is 5.91 Å². The van der Waals surface area contributed by atoms with Crippen molar-refractivity contribution in [3.8, 4) is 11.5 Å². The maximum atomic E-state index is 12.3. The van der Waals surface area contributed by atoms with Gasteiger partial charge in [-0.05, 0) is 60.6 Å². The Morgan fingerprint density at radius 2 is 1.93 bits per heavy atom. The van der Waals surface area contributed by atoms with Crippen LogP contribution < -0.4 is 14.8 Å². The summed E-state index contributed by atoms with van der Waals surface area (Å²) in [6, 6.07) is 13.5. The number of halogens is 1. The Morgan fingerprint density at radius 1 is 1.19 bits per heavy atom. The third-order valence-electron chi connectivity index (χ3n) is 4.08. The predicted molar refractivity (Wildman–Crippen MR) is 113 cm³/mol. The van der Waals surface area contributed by atoms with Crippen molar-refractivity contribution in [3.63, 3.8) is 0 Å². The molecule has 0 radical (unpaired) electrons. The number of rotatable bonds is 6. The van der Waals surface area contributed by atoms with Crippen molar-refractivity contribution in [2.24, 2.45) is 0 Å². The number of hydrogen-bond donors (Lipinski definition) is 1. The third-order valence-corrected chi connectivity index (χ3v) is 4.94. The van der Waals surface area contributed by atoms with Crippen molar-refractivity contribution in [2.45, 2.75) is 13.5 Å². The van der Waals surface area contributed by atoms with Crippen molar-refractivity contribution >= 4 is 45.2 Å². The Labute approximate surface area is 172 Å². The summed E-state index contributed by atoms with van der Waals surface area (Å²) in [5.74, 6) is 1.11. The van der Waals surface area contributed by atoms with Crippen LogP contribution in [0.5, 0.6) is 11.5 Å². The van der Waals surface area contributed by atoms with Gasteiger partial charge in [-0.15, -0.1) is 0 Å². The van der Waals surface area contributed by atoms with Crippen LogP contribution >= 0.6 is 28.1 Å². The summed E-state index contributed by atoms with van der Waals surface area (Å²) in [5, 5.41) is 3.38. The molecule has 0 spiro atoms. The number of nitrogens with one attached hydrogen (secondary N) is 1. The number of amides is 1. The molecule has 1 fully saturated rings. The lowest BCUT2D eigenvalue weighted by atomic mass is 10.1. The summed E-state index contributed by atoms with van der Waals surface area (Å²) >= 11 is 8.59. The molecule has 0 atom stereocenters. The summed E-state index contributed by atoms with van der Waals surface area (Å²) in [6.45, 7) is 2.85. The Balaban J connectivity index is 1.76. The first-order chi connectivity index (χ1) is 13.0. The van der Waals surface area contributed by atoms with Crippen molar-refractivity contribution in [1.82, 2.24) is 10.2 Å². The summed E-state index contributed by atoms with van der Waals surface area (Å²) in [4.78, 5) is 13.8. The second-order valence-corrected chi connectivity index (χ2v) is 7.17. The van der Waals surface area contributed by atoms with Crippen molar-refractivity contribution in [3.05, 3.63) is 63.8 Å². The fraction of sp³-hybridized carbons (Fsp3) is 0.200. The fourth-order valence-corrected chi connectivity index (χ4v) is 3.25. The number of likely N-dealkylation sites (N-methyl/N-ethyl adjacent to an activating group) is 1. The van der Waals surface area contributed by atoms with Crippen molar-refractivity contribution in [2.75, 3.05) is 13.7 Å². The first-order valence-corrected chi connectivity index (χ1v) is 9.61. The van der Waals surface area contributed by atoms with Crippen LogP contribution in [0.1, 0.15) is 18.1 Å². The number of hydrogen-bond acceptors (Lipinski definition) is 4. The number of carbonyl (C=O) groups is 1. The highest BCUT2D eigenvalue weighted by Crippen LogP contribution is 2.30. The highest BCUT2D eigenvalue weighted by Gasteiger charge is 2.29. The van der Waals surface area contributed by atoms with Gasteiger partial charge in [-0.1, -0.05) is 34.1 Å². The predicted octanol–water partition coefficient (Wildman–Crippen LogP) is 4.11. The molecular formula is C20H19BrN2O3S. The second-order valence-electron chi connectivity index (χ2n) is 5.86. The zero-order chi connectivity index (χ0) is 19.4. The van der Waals surface area contributed by atoms with Gasteiger partial charge < -0.3 is 14.8 Å². The van der Waals surface area contributed by atoms with Gasteiger partial charge in [0.15, 0.2) is 16.6 Å². The van der Waals surface area contributed by atoms with Gasteiger partial charge in [-0.2, -0.15) is 0 Å². The molecule has 7 heteroatoms. The minimum atomic E-state index is -0.128. The van der Waals surface area contributed by atoms with Crippen LogP contribution in [0.25, 0.3) is 6.08 Å². The molecule has 0 unspecified atom stereocenters. The van der Waals surface area contributed by atoms with E-state index >= 15 is 0 Å². The van der Waals surface area contributed by atoms with Gasteiger partial charge >= 0.3 is 0 Å². The normalized spacial score (nSPS) is 15.2. The van der Waals surface area contributed by atoms with Crippen LogP contribution in [0.2, 0.25) is 0 Å². The van der Waals surface area contributed by atoms with Crippen LogP contribution in [0.4, 0.5) is 0 Å². The Bertz CT molecular complexity index is 897. The highest BCUT2D eigenvalue weighted by atomic mass is 79.9. The molecule has 27 heavy (non-hydrogen) atoms. The summed E-state index contributed by atoms with van der Waals surface area (Å²) in [6.07, 6.45) is 1.76. The molecule has 1 N–H and O–H groups in total. The van der Waals surface area contributed by atoms with Gasteiger partial charge in [0.1, 0.15) is 12.3 Å². The van der Waals surface area contributed by atoms with Gasteiger partial charge in [-0.3, -0.25) is 9.69 Å². The number of nitrogens with zero attached hydrogens (tertiary/aromatic N) is 1. The molecule has 1 saturated heterocycles. The average Bonchev–Trinajstić information content (AvgIpc) is 2.94. The molecule has 2 aromatic carbocycles. The number of thiocarbonyl (C=S) groups is 1. The van der Waals surface area contributed by atoms with E-state index in [0.717, 1.165) is 15.6 Å². The minimum absolute atomic E-state index is 0.128. The molecule has 0 bridgehead atoms. The monoisotopic (exact) mass is 446 g/mol. The summed E-state index contributed by atoms with van der Waals surface area (Å²) in [7, 11) is 1.59. The van der Waals surface area contributed by atoms with Gasteiger partial charge in [0.05, 0.1) is 7.11 Å². The average molecular weight is 447 g/mol. The molecule has 1 heterocycles. The van der Waals surface area contributed by atoms with Crippen LogP contribution in [0.15, 0.2) is 52.6 Å². The van der Waals surface area contributed by atoms with Crippen LogP contribution in [-0.4, -0.2) is 29.6 Å². The Hall–Kier alpha value is -2.38.